The van der Waals surface area contributed by atoms with E-state index in [0.29, 0.717) is 29.9 Å². The fourth-order valence-corrected chi connectivity index (χ4v) is 3.82. The summed E-state index contributed by atoms with van der Waals surface area (Å²) < 4.78 is 7.05. The first-order chi connectivity index (χ1) is 9.49. The molecule has 20 heavy (non-hydrogen) atoms. The van der Waals surface area contributed by atoms with Crippen LogP contribution in [-0.2, 0) is 0 Å². The first-order valence-electron chi connectivity index (χ1n) is 5.36. The predicted octanol–water partition coefficient (Wildman–Crippen LogP) is 6.24. The lowest BCUT2D eigenvalue weighted by molar-refractivity contribution is 0.214. The van der Waals surface area contributed by atoms with Crippen molar-refractivity contribution in [1.82, 2.24) is 0 Å². The second-order valence-electron chi connectivity index (χ2n) is 3.68. The van der Waals surface area contributed by atoms with Gasteiger partial charge in [-0.05, 0) is 66.0 Å². The number of amides is 1. The molecule has 0 saturated carbocycles. The number of benzene rings is 2. The summed E-state index contributed by atoms with van der Waals surface area (Å²) in [6.07, 6.45) is -0.601. The standard InChI is InChI=1S/C13H7Br3ClNO2/c14-8-6-9(15)12(10(16)11(8)17)20-13(19)18-7-4-2-1-3-5-7/h1-6H,(H,18,19). The van der Waals surface area contributed by atoms with Gasteiger partial charge in [0, 0.05) is 10.2 Å². The van der Waals surface area contributed by atoms with E-state index in [-0.39, 0.29) is 0 Å². The van der Waals surface area contributed by atoms with Crippen molar-refractivity contribution < 1.29 is 9.53 Å². The van der Waals surface area contributed by atoms with Gasteiger partial charge in [-0.3, -0.25) is 5.32 Å². The van der Waals surface area contributed by atoms with Gasteiger partial charge < -0.3 is 4.74 Å². The van der Waals surface area contributed by atoms with Gasteiger partial charge in [-0.2, -0.15) is 0 Å². The molecular weight excluding hydrogens is 477 g/mol. The summed E-state index contributed by atoms with van der Waals surface area (Å²) in [5.41, 5.74) is 0.646. The molecule has 0 saturated heterocycles. The average molecular weight is 484 g/mol. The van der Waals surface area contributed by atoms with Gasteiger partial charge in [-0.15, -0.1) is 0 Å². The molecule has 0 spiro atoms. The topological polar surface area (TPSA) is 38.3 Å². The van der Waals surface area contributed by atoms with E-state index in [4.69, 9.17) is 16.3 Å². The highest BCUT2D eigenvalue weighted by atomic mass is 79.9. The summed E-state index contributed by atoms with van der Waals surface area (Å²) in [7, 11) is 0. The summed E-state index contributed by atoms with van der Waals surface area (Å²) in [5, 5.41) is 3.05. The molecule has 2 aromatic carbocycles. The molecular formula is C13H7Br3ClNO2. The fraction of sp³-hybridized carbons (Fsp3) is 0. The molecule has 0 bridgehead atoms. The van der Waals surface area contributed by atoms with Crippen LogP contribution in [0.4, 0.5) is 10.5 Å². The molecule has 0 fully saturated rings. The van der Waals surface area contributed by atoms with Gasteiger partial charge in [0.2, 0.25) is 0 Å². The SMILES string of the molecule is O=C(Nc1ccccc1)Oc1c(Br)cc(Br)c(Cl)c1Br. The van der Waals surface area contributed by atoms with E-state index in [9.17, 15) is 4.79 Å². The highest BCUT2D eigenvalue weighted by Gasteiger charge is 2.17. The van der Waals surface area contributed by atoms with Gasteiger partial charge in [-0.1, -0.05) is 29.8 Å². The van der Waals surface area contributed by atoms with Gasteiger partial charge in [0.1, 0.15) is 0 Å². The van der Waals surface area contributed by atoms with Crippen molar-refractivity contribution in [2.75, 3.05) is 5.32 Å². The number of nitrogens with one attached hydrogen (secondary N) is 1. The maximum Gasteiger partial charge on any atom is 0.417 e. The van der Waals surface area contributed by atoms with Gasteiger partial charge in [0.15, 0.2) is 5.75 Å². The minimum Gasteiger partial charge on any atom is -0.408 e. The van der Waals surface area contributed by atoms with Crippen molar-refractivity contribution in [3.8, 4) is 5.75 Å². The summed E-state index contributed by atoms with van der Waals surface area (Å²) in [4.78, 5) is 11.9. The third-order valence-corrected chi connectivity index (χ3v) is 5.11. The molecule has 0 aliphatic heterocycles. The average Bonchev–Trinajstić information content (AvgIpc) is 2.42. The van der Waals surface area contributed by atoms with E-state index >= 15 is 0 Å². The number of halogens is 4. The Morgan fingerprint density at radius 1 is 1.10 bits per heavy atom. The normalized spacial score (nSPS) is 10.2. The van der Waals surface area contributed by atoms with E-state index in [0.717, 1.165) is 0 Å². The smallest absolute Gasteiger partial charge is 0.408 e. The zero-order chi connectivity index (χ0) is 14.7. The lowest BCUT2D eigenvalue weighted by Crippen LogP contribution is -2.17. The molecule has 1 amide bonds. The van der Waals surface area contributed by atoms with Crippen LogP contribution in [0.1, 0.15) is 0 Å². The number of rotatable bonds is 2. The Kier molecular flexibility index (Phi) is 5.49. The Balaban J connectivity index is 2.18. The number of carbonyl (C=O) groups is 1. The van der Waals surface area contributed by atoms with Gasteiger partial charge in [0.25, 0.3) is 0 Å². The first-order valence-corrected chi connectivity index (χ1v) is 8.11. The number of ether oxygens (including phenoxy) is 1. The van der Waals surface area contributed by atoms with Crippen molar-refractivity contribution in [3.63, 3.8) is 0 Å². The summed E-state index contributed by atoms with van der Waals surface area (Å²) in [6.45, 7) is 0. The number of carbonyl (C=O) groups excluding carboxylic acids is 1. The van der Waals surface area contributed by atoms with Crippen molar-refractivity contribution in [1.29, 1.82) is 0 Å². The first kappa shape index (κ1) is 15.8. The molecule has 0 aliphatic rings. The molecule has 3 nitrogen and oxygen atoms in total. The largest absolute Gasteiger partial charge is 0.417 e. The lowest BCUT2D eigenvalue weighted by Gasteiger charge is -2.11. The van der Waals surface area contributed by atoms with Crippen LogP contribution in [0.25, 0.3) is 0 Å². The molecule has 7 heteroatoms. The van der Waals surface area contributed by atoms with Crippen LogP contribution in [0.15, 0.2) is 49.8 Å². The Hall–Kier alpha value is -0.560. The summed E-state index contributed by atoms with van der Waals surface area (Å²) in [6, 6.07) is 10.7. The molecule has 0 unspecified atom stereocenters. The zero-order valence-electron chi connectivity index (χ0n) is 9.79. The molecule has 0 atom stereocenters. The summed E-state index contributed by atoms with van der Waals surface area (Å²) >= 11 is 16.0. The predicted molar refractivity (Wildman–Crippen MR) is 90.6 cm³/mol. The highest BCUT2D eigenvalue weighted by Crippen LogP contribution is 2.43. The van der Waals surface area contributed by atoms with Crippen LogP contribution in [0, 0.1) is 0 Å². The second kappa shape index (κ2) is 6.93. The fourth-order valence-electron chi connectivity index (χ4n) is 1.40. The molecule has 0 radical (unpaired) electrons. The molecule has 0 aromatic heterocycles. The van der Waals surface area contributed by atoms with Crippen LogP contribution in [-0.4, -0.2) is 6.09 Å². The van der Waals surface area contributed by atoms with Crippen LogP contribution in [0.2, 0.25) is 5.02 Å². The zero-order valence-corrected chi connectivity index (χ0v) is 15.3. The van der Waals surface area contributed by atoms with Crippen molar-refractivity contribution in [2.45, 2.75) is 0 Å². The Bertz CT molecular complexity index is 650. The Labute approximate surface area is 146 Å². The second-order valence-corrected chi connectivity index (χ2v) is 6.56. The van der Waals surface area contributed by atoms with Crippen LogP contribution < -0.4 is 10.1 Å². The monoisotopic (exact) mass is 481 g/mol. The maximum absolute atomic E-state index is 11.9. The molecule has 104 valence electrons. The number of para-hydroxylation sites is 1. The molecule has 0 heterocycles. The van der Waals surface area contributed by atoms with E-state index in [1.165, 1.54) is 0 Å². The molecule has 1 N–H and O–H groups in total. The van der Waals surface area contributed by atoms with Crippen LogP contribution in [0.3, 0.4) is 0 Å². The lowest BCUT2D eigenvalue weighted by atomic mass is 10.3. The van der Waals surface area contributed by atoms with Crippen LogP contribution >= 0.6 is 59.4 Å². The minimum atomic E-state index is -0.601. The number of hydrogen-bond acceptors (Lipinski definition) is 2. The third kappa shape index (κ3) is 3.75. The van der Waals surface area contributed by atoms with Gasteiger partial charge in [0.05, 0.1) is 14.0 Å². The number of anilines is 1. The molecule has 2 rings (SSSR count). The summed E-state index contributed by atoms with van der Waals surface area (Å²) in [5.74, 6) is 0.312. The quantitative estimate of drug-likeness (QED) is 0.405. The number of hydrogen-bond donors (Lipinski definition) is 1. The Morgan fingerprint density at radius 2 is 1.75 bits per heavy atom. The third-order valence-electron chi connectivity index (χ3n) is 2.29. The van der Waals surface area contributed by atoms with Crippen molar-refractivity contribution in [2.24, 2.45) is 0 Å². The molecule has 2 aromatic rings. The minimum absolute atomic E-state index is 0.312. The van der Waals surface area contributed by atoms with E-state index < -0.39 is 6.09 Å². The van der Waals surface area contributed by atoms with E-state index in [1.807, 2.05) is 18.2 Å². The van der Waals surface area contributed by atoms with E-state index in [2.05, 4.69) is 53.1 Å². The molecule has 0 aliphatic carbocycles. The van der Waals surface area contributed by atoms with Gasteiger partial charge in [-0.25, -0.2) is 4.79 Å². The van der Waals surface area contributed by atoms with Crippen LogP contribution in [0.5, 0.6) is 5.75 Å². The van der Waals surface area contributed by atoms with Crippen molar-refractivity contribution >= 4 is 71.2 Å². The van der Waals surface area contributed by atoms with E-state index in [1.54, 1.807) is 18.2 Å². The maximum atomic E-state index is 11.9. The van der Waals surface area contributed by atoms with Crippen molar-refractivity contribution in [3.05, 3.63) is 54.8 Å². The Morgan fingerprint density at radius 3 is 2.40 bits per heavy atom. The highest BCUT2D eigenvalue weighted by molar-refractivity contribution is 9.11. The van der Waals surface area contributed by atoms with Gasteiger partial charge >= 0.3 is 6.09 Å².